The van der Waals surface area contributed by atoms with Crippen molar-refractivity contribution >= 4 is 21.9 Å². The van der Waals surface area contributed by atoms with E-state index in [1.54, 1.807) is 0 Å². The van der Waals surface area contributed by atoms with Crippen LogP contribution in [0.3, 0.4) is 0 Å². The second-order valence-electron chi connectivity index (χ2n) is 3.13. The Balaban J connectivity index is 2.69. The van der Waals surface area contributed by atoms with Crippen LogP contribution in [0.4, 0.5) is 0 Å². The average molecular weight is 255 g/mol. The van der Waals surface area contributed by atoms with Gasteiger partial charge in [-0.15, -0.1) is 0 Å². The molecule has 3 heteroatoms. The van der Waals surface area contributed by atoms with E-state index in [2.05, 4.69) is 15.9 Å². The van der Waals surface area contributed by atoms with Gasteiger partial charge in [-0.25, -0.2) is 4.79 Å². The lowest BCUT2D eigenvalue weighted by molar-refractivity contribution is -0.131. The largest absolute Gasteiger partial charge is 0.478 e. The van der Waals surface area contributed by atoms with Gasteiger partial charge < -0.3 is 5.11 Å². The van der Waals surface area contributed by atoms with Gasteiger partial charge in [-0.2, -0.15) is 0 Å². The third kappa shape index (κ3) is 3.75. The molecular weight excluding hydrogens is 244 g/mol. The zero-order valence-electron chi connectivity index (χ0n) is 7.83. The van der Waals surface area contributed by atoms with Crippen molar-refractivity contribution in [2.75, 3.05) is 0 Å². The molecular formula is C11H11BrO2. The first-order chi connectivity index (χ1) is 6.58. The van der Waals surface area contributed by atoms with Crippen LogP contribution in [-0.2, 0) is 11.2 Å². The average Bonchev–Trinajstić information content (AvgIpc) is 2.07. The second-order valence-corrected chi connectivity index (χ2v) is 4.05. The highest BCUT2D eigenvalue weighted by atomic mass is 79.9. The quantitative estimate of drug-likeness (QED) is 0.843. The molecule has 14 heavy (non-hydrogen) atoms. The number of allylic oxidation sites excluding steroid dienone is 1. The van der Waals surface area contributed by atoms with E-state index in [9.17, 15) is 4.79 Å². The predicted octanol–water partition coefficient (Wildman–Crippen LogP) is 3.02. The topological polar surface area (TPSA) is 37.3 Å². The molecule has 1 aromatic rings. The van der Waals surface area contributed by atoms with Crippen LogP contribution in [-0.4, -0.2) is 11.1 Å². The molecule has 0 aliphatic heterocycles. The minimum absolute atomic E-state index is 0.680. The molecule has 0 aliphatic rings. The SMILES string of the molecule is C/C(=C\C(=O)O)Cc1ccc(Br)cc1. The van der Waals surface area contributed by atoms with Crippen molar-refractivity contribution in [2.24, 2.45) is 0 Å². The molecule has 0 bridgehead atoms. The Kier molecular flexibility index (Phi) is 3.89. The second kappa shape index (κ2) is 4.96. The molecule has 1 aromatic carbocycles. The summed E-state index contributed by atoms with van der Waals surface area (Å²) in [5.41, 5.74) is 1.96. The van der Waals surface area contributed by atoms with Crippen LogP contribution in [0.25, 0.3) is 0 Å². The first-order valence-corrected chi connectivity index (χ1v) is 5.02. The maximum Gasteiger partial charge on any atom is 0.328 e. The summed E-state index contributed by atoms with van der Waals surface area (Å²) >= 11 is 3.34. The van der Waals surface area contributed by atoms with Crippen molar-refractivity contribution < 1.29 is 9.90 Å². The first kappa shape index (κ1) is 11.0. The lowest BCUT2D eigenvalue weighted by Crippen LogP contribution is -1.93. The van der Waals surface area contributed by atoms with Crippen molar-refractivity contribution in [3.05, 3.63) is 46.0 Å². The van der Waals surface area contributed by atoms with E-state index in [4.69, 9.17) is 5.11 Å². The van der Waals surface area contributed by atoms with Crippen molar-refractivity contribution in [2.45, 2.75) is 13.3 Å². The van der Waals surface area contributed by atoms with Crippen LogP contribution >= 0.6 is 15.9 Å². The summed E-state index contributed by atoms with van der Waals surface area (Å²) < 4.78 is 1.03. The lowest BCUT2D eigenvalue weighted by atomic mass is 10.1. The Morgan fingerprint density at radius 2 is 2.00 bits per heavy atom. The summed E-state index contributed by atoms with van der Waals surface area (Å²) in [4.78, 5) is 10.4. The summed E-state index contributed by atoms with van der Waals surface area (Å²) in [7, 11) is 0. The molecule has 0 saturated heterocycles. The highest BCUT2D eigenvalue weighted by Crippen LogP contribution is 2.13. The third-order valence-electron chi connectivity index (χ3n) is 1.77. The molecule has 0 unspecified atom stereocenters. The number of carboxylic acid groups (broad SMARTS) is 1. The minimum atomic E-state index is -0.889. The van der Waals surface area contributed by atoms with Crippen molar-refractivity contribution in [3.8, 4) is 0 Å². The first-order valence-electron chi connectivity index (χ1n) is 4.22. The number of carboxylic acids is 1. The van der Waals surface area contributed by atoms with E-state index in [-0.39, 0.29) is 0 Å². The van der Waals surface area contributed by atoms with Gasteiger partial charge in [0.25, 0.3) is 0 Å². The molecule has 0 spiro atoms. The fourth-order valence-corrected chi connectivity index (χ4v) is 1.45. The van der Waals surface area contributed by atoms with Gasteiger partial charge >= 0.3 is 5.97 Å². The van der Waals surface area contributed by atoms with Gasteiger partial charge in [0.2, 0.25) is 0 Å². The summed E-state index contributed by atoms with van der Waals surface area (Å²) in [5.74, 6) is -0.889. The molecule has 0 radical (unpaired) electrons. The van der Waals surface area contributed by atoms with Crippen molar-refractivity contribution in [3.63, 3.8) is 0 Å². The third-order valence-corrected chi connectivity index (χ3v) is 2.29. The van der Waals surface area contributed by atoms with E-state index in [0.29, 0.717) is 6.42 Å². The van der Waals surface area contributed by atoms with Crippen LogP contribution in [0.1, 0.15) is 12.5 Å². The smallest absolute Gasteiger partial charge is 0.328 e. The monoisotopic (exact) mass is 254 g/mol. The normalized spacial score (nSPS) is 11.4. The fraction of sp³-hybridized carbons (Fsp3) is 0.182. The zero-order valence-corrected chi connectivity index (χ0v) is 9.41. The van der Waals surface area contributed by atoms with Crippen LogP contribution in [0.5, 0.6) is 0 Å². The number of benzene rings is 1. The van der Waals surface area contributed by atoms with E-state index in [1.807, 2.05) is 31.2 Å². The van der Waals surface area contributed by atoms with Crippen molar-refractivity contribution in [1.29, 1.82) is 0 Å². The number of carbonyl (C=O) groups is 1. The summed E-state index contributed by atoms with van der Waals surface area (Å²) in [6.45, 7) is 1.82. The van der Waals surface area contributed by atoms with Gasteiger partial charge in [0, 0.05) is 10.5 Å². The van der Waals surface area contributed by atoms with Crippen LogP contribution in [0, 0.1) is 0 Å². The molecule has 0 aromatic heterocycles. The Bertz CT molecular complexity index is 352. The predicted molar refractivity (Wildman–Crippen MR) is 59.2 cm³/mol. The molecule has 0 saturated carbocycles. The van der Waals surface area contributed by atoms with E-state index < -0.39 is 5.97 Å². The number of rotatable bonds is 3. The molecule has 0 fully saturated rings. The summed E-state index contributed by atoms with van der Waals surface area (Å²) in [5, 5.41) is 8.52. The molecule has 74 valence electrons. The van der Waals surface area contributed by atoms with E-state index >= 15 is 0 Å². The lowest BCUT2D eigenvalue weighted by Gasteiger charge is -2.00. The van der Waals surface area contributed by atoms with Gasteiger partial charge in [-0.3, -0.25) is 0 Å². The molecule has 1 N–H and O–H groups in total. The Morgan fingerprint density at radius 3 is 2.50 bits per heavy atom. The maximum absolute atomic E-state index is 10.4. The molecule has 1 rings (SSSR count). The minimum Gasteiger partial charge on any atom is -0.478 e. The van der Waals surface area contributed by atoms with Gasteiger partial charge in [0.15, 0.2) is 0 Å². The van der Waals surface area contributed by atoms with Crippen LogP contribution in [0.15, 0.2) is 40.4 Å². The summed E-state index contributed by atoms with van der Waals surface area (Å²) in [6, 6.07) is 7.85. The Morgan fingerprint density at radius 1 is 1.43 bits per heavy atom. The highest BCUT2D eigenvalue weighted by Gasteiger charge is 1.97. The van der Waals surface area contributed by atoms with Gasteiger partial charge in [-0.1, -0.05) is 33.6 Å². The van der Waals surface area contributed by atoms with E-state index in [0.717, 1.165) is 15.6 Å². The summed E-state index contributed by atoms with van der Waals surface area (Å²) in [6.07, 6.45) is 1.92. The maximum atomic E-state index is 10.4. The standard InChI is InChI=1S/C11H11BrO2/c1-8(7-11(13)14)6-9-2-4-10(12)5-3-9/h2-5,7H,6H2,1H3,(H,13,14)/b8-7+. The van der Waals surface area contributed by atoms with Gasteiger partial charge in [0.05, 0.1) is 0 Å². The van der Waals surface area contributed by atoms with E-state index in [1.165, 1.54) is 6.08 Å². The molecule has 0 atom stereocenters. The highest BCUT2D eigenvalue weighted by molar-refractivity contribution is 9.10. The van der Waals surface area contributed by atoms with Crippen LogP contribution < -0.4 is 0 Å². The van der Waals surface area contributed by atoms with Gasteiger partial charge in [-0.05, 0) is 31.0 Å². The number of halogens is 1. The number of hydrogen-bond donors (Lipinski definition) is 1. The number of hydrogen-bond acceptors (Lipinski definition) is 1. The zero-order chi connectivity index (χ0) is 10.6. The molecule has 0 aliphatic carbocycles. The molecule has 0 amide bonds. The fourth-order valence-electron chi connectivity index (χ4n) is 1.19. The molecule has 2 nitrogen and oxygen atoms in total. The Labute approximate surface area is 91.4 Å². The van der Waals surface area contributed by atoms with Crippen molar-refractivity contribution in [1.82, 2.24) is 0 Å². The molecule has 0 heterocycles. The van der Waals surface area contributed by atoms with Gasteiger partial charge in [0.1, 0.15) is 0 Å². The van der Waals surface area contributed by atoms with Crippen LogP contribution in [0.2, 0.25) is 0 Å². The Hall–Kier alpha value is -1.09. The number of aliphatic carboxylic acids is 1.